The van der Waals surface area contributed by atoms with Crippen LogP contribution in [-0.2, 0) is 9.53 Å². The molecule has 1 heterocycles. The average Bonchev–Trinajstić information content (AvgIpc) is 2.40. The van der Waals surface area contributed by atoms with Crippen molar-refractivity contribution >= 4 is 29.0 Å². The lowest BCUT2D eigenvalue weighted by molar-refractivity contribution is -0.143. The van der Waals surface area contributed by atoms with Crippen molar-refractivity contribution in [3.05, 3.63) is 34.9 Å². The minimum Gasteiger partial charge on any atom is -0.468 e. The number of ether oxygens (including phenoxy) is 1. The zero-order valence-corrected chi connectivity index (χ0v) is 12.9. The van der Waals surface area contributed by atoms with Gasteiger partial charge in [-0.25, -0.2) is 4.99 Å². The molecule has 1 aromatic rings. The van der Waals surface area contributed by atoms with Gasteiger partial charge in [-0.1, -0.05) is 23.8 Å². The van der Waals surface area contributed by atoms with Crippen LogP contribution < -0.4 is 5.32 Å². The van der Waals surface area contributed by atoms with Gasteiger partial charge < -0.3 is 10.1 Å². The first-order valence-electron chi connectivity index (χ1n) is 6.44. The van der Waals surface area contributed by atoms with Gasteiger partial charge in [0, 0.05) is 5.71 Å². The highest BCUT2D eigenvalue weighted by molar-refractivity contribution is 7.80. The smallest absolute Gasteiger partial charge is 0.316 e. The molecule has 4 nitrogen and oxygen atoms in total. The maximum absolute atomic E-state index is 12.1. The van der Waals surface area contributed by atoms with E-state index in [4.69, 9.17) is 17.0 Å². The first kappa shape index (κ1) is 14.7. The summed E-state index contributed by atoms with van der Waals surface area (Å²) in [5.41, 5.74) is 3.99. The quantitative estimate of drug-likeness (QED) is 0.671. The number of aliphatic imine (C=N–C) groups is 1. The molecule has 0 spiro atoms. The lowest BCUT2D eigenvalue weighted by atomic mass is 9.86. The van der Waals surface area contributed by atoms with Crippen molar-refractivity contribution in [2.75, 3.05) is 7.11 Å². The Bertz CT molecular complexity index is 596. The van der Waals surface area contributed by atoms with Crippen LogP contribution >= 0.6 is 12.2 Å². The summed E-state index contributed by atoms with van der Waals surface area (Å²) in [6.45, 7) is 5.86. The van der Waals surface area contributed by atoms with Gasteiger partial charge in [0.1, 0.15) is 5.92 Å². The van der Waals surface area contributed by atoms with E-state index in [1.165, 1.54) is 7.11 Å². The number of carbonyl (C=O) groups excluding carboxylic acids is 1. The number of carbonyl (C=O) groups is 1. The van der Waals surface area contributed by atoms with Crippen LogP contribution in [0.2, 0.25) is 0 Å². The molecule has 1 aliphatic heterocycles. The number of nitrogens with zero attached hydrogens (tertiary/aromatic N) is 1. The van der Waals surface area contributed by atoms with E-state index in [1.54, 1.807) is 0 Å². The molecule has 20 heavy (non-hydrogen) atoms. The molecule has 5 heteroatoms. The van der Waals surface area contributed by atoms with Gasteiger partial charge in [0.2, 0.25) is 0 Å². The Hall–Kier alpha value is -1.75. The van der Waals surface area contributed by atoms with Gasteiger partial charge in [-0.15, -0.1) is 0 Å². The Balaban J connectivity index is 2.51. The molecule has 106 valence electrons. The molecule has 0 saturated carbocycles. The van der Waals surface area contributed by atoms with Crippen molar-refractivity contribution < 1.29 is 9.53 Å². The Morgan fingerprint density at radius 2 is 2.05 bits per heavy atom. The van der Waals surface area contributed by atoms with E-state index in [2.05, 4.69) is 16.4 Å². The summed E-state index contributed by atoms with van der Waals surface area (Å²) in [6.07, 6.45) is 0. The summed E-state index contributed by atoms with van der Waals surface area (Å²) in [4.78, 5) is 16.3. The molecule has 2 unspecified atom stereocenters. The van der Waals surface area contributed by atoms with Gasteiger partial charge in [0.15, 0.2) is 5.11 Å². The van der Waals surface area contributed by atoms with Gasteiger partial charge in [-0.05, 0) is 44.1 Å². The van der Waals surface area contributed by atoms with E-state index >= 15 is 0 Å². The summed E-state index contributed by atoms with van der Waals surface area (Å²) in [7, 11) is 1.39. The summed E-state index contributed by atoms with van der Waals surface area (Å²) >= 11 is 5.16. The van der Waals surface area contributed by atoms with Gasteiger partial charge in [0.25, 0.3) is 0 Å². The van der Waals surface area contributed by atoms with Gasteiger partial charge in [-0.3, -0.25) is 4.79 Å². The van der Waals surface area contributed by atoms with Gasteiger partial charge >= 0.3 is 5.97 Å². The van der Waals surface area contributed by atoms with Crippen LogP contribution in [0.4, 0.5) is 0 Å². The third-order valence-corrected chi connectivity index (χ3v) is 3.77. The highest BCUT2D eigenvalue weighted by Gasteiger charge is 2.37. The molecule has 0 amide bonds. The molecular formula is C15H18N2O2S. The molecular weight excluding hydrogens is 272 g/mol. The lowest BCUT2D eigenvalue weighted by Crippen LogP contribution is -2.44. The summed E-state index contributed by atoms with van der Waals surface area (Å²) in [5, 5.41) is 3.55. The van der Waals surface area contributed by atoms with E-state index in [-0.39, 0.29) is 12.0 Å². The third-order valence-electron chi connectivity index (χ3n) is 3.57. The minimum absolute atomic E-state index is 0.229. The molecule has 0 saturated heterocycles. The number of benzene rings is 1. The number of rotatable bonds is 2. The number of hydrogen-bond acceptors (Lipinski definition) is 3. The molecule has 1 aromatic carbocycles. The first-order valence-corrected chi connectivity index (χ1v) is 6.85. The molecule has 2 atom stereocenters. The van der Waals surface area contributed by atoms with Crippen LogP contribution in [0.15, 0.2) is 23.2 Å². The van der Waals surface area contributed by atoms with E-state index < -0.39 is 5.92 Å². The monoisotopic (exact) mass is 290 g/mol. The van der Waals surface area contributed by atoms with Crippen LogP contribution in [0.5, 0.6) is 0 Å². The van der Waals surface area contributed by atoms with Crippen molar-refractivity contribution in [1.82, 2.24) is 5.32 Å². The Morgan fingerprint density at radius 1 is 1.35 bits per heavy atom. The van der Waals surface area contributed by atoms with Crippen molar-refractivity contribution in [2.24, 2.45) is 10.9 Å². The number of hydrogen-bond donors (Lipinski definition) is 1. The predicted molar refractivity (Wildman–Crippen MR) is 83.0 cm³/mol. The SMILES string of the molecule is COC(=O)C1C(C)=NC(=S)NC1c1cc(C)ccc1C. The largest absolute Gasteiger partial charge is 0.468 e. The number of esters is 1. The predicted octanol–water partition coefficient (Wildman–Crippen LogP) is 2.48. The topological polar surface area (TPSA) is 50.7 Å². The Labute approximate surface area is 124 Å². The summed E-state index contributed by atoms with van der Waals surface area (Å²) < 4.78 is 4.91. The van der Waals surface area contributed by atoms with Crippen LogP contribution in [0, 0.1) is 19.8 Å². The summed E-state index contributed by atoms with van der Waals surface area (Å²) in [6, 6.07) is 5.94. The number of aryl methyl sites for hydroxylation is 2. The average molecular weight is 290 g/mol. The molecule has 1 aliphatic rings. The lowest BCUT2D eigenvalue weighted by Gasteiger charge is -2.31. The van der Waals surface area contributed by atoms with Gasteiger partial charge in [-0.2, -0.15) is 0 Å². The van der Waals surface area contributed by atoms with Gasteiger partial charge in [0.05, 0.1) is 13.2 Å². The molecule has 0 radical (unpaired) electrons. The second kappa shape index (κ2) is 5.71. The second-order valence-electron chi connectivity index (χ2n) is 5.04. The Kier molecular flexibility index (Phi) is 4.18. The zero-order chi connectivity index (χ0) is 14.9. The van der Waals surface area contributed by atoms with Crippen molar-refractivity contribution in [3.8, 4) is 0 Å². The van der Waals surface area contributed by atoms with Crippen LogP contribution in [-0.4, -0.2) is 23.9 Å². The molecule has 0 aliphatic carbocycles. The van der Waals surface area contributed by atoms with Crippen molar-refractivity contribution in [2.45, 2.75) is 26.8 Å². The van der Waals surface area contributed by atoms with Crippen molar-refractivity contribution in [1.29, 1.82) is 0 Å². The van der Waals surface area contributed by atoms with E-state index in [9.17, 15) is 4.79 Å². The molecule has 0 fully saturated rings. The maximum atomic E-state index is 12.1. The number of methoxy groups -OCH3 is 1. The normalized spacial score (nSPS) is 22.0. The Morgan fingerprint density at radius 3 is 2.70 bits per heavy atom. The molecule has 1 N–H and O–H groups in total. The molecule has 2 rings (SSSR count). The van der Waals surface area contributed by atoms with Crippen LogP contribution in [0.25, 0.3) is 0 Å². The van der Waals surface area contributed by atoms with E-state index in [0.29, 0.717) is 10.8 Å². The van der Waals surface area contributed by atoms with Crippen molar-refractivity contribution in [3.63, 3.8) is 0 Å². The fourth-order valence-electron chi connectivity index (χ4n) is 2.51. The van der Waals surface area contributed by atoms with Crippen LogP contribution in [0.3, 0.4) is 0 Å². The highest BCUT2D eigenvalue weighted by Crippen LogP contribution is 2.30. The molecule has 0 bridgehead atoms. The van der Waals surface area contributed by atoms with E-state index in [0.717, 1.165) is 16.7 Å². The zero-order valence-electron chi connectivity index (χ0n) is 12.1. The standard InChI is InChI=1S/C15H18N2O2S/c1-8-5-6-9(2)11(7-8)13-12(14(18)19-4)10(3)16-15(20)17-13/h5-7,12-13H,1-4H3,(H,17,20). The van der Waals surface area contributed by atoms with E-state index in [1.807, 2.05) is 32.9 Å². The number of nitrogens with one attached hydrogen (secondary N) is 1. The fraction of sp³-hybridized carbons (Fsp3) is 0.400. The minimum atomic E-state index is -0.452. The second-order valence-corrected chi connectivity index (χ2v) is 5.43. The number of thiocarbonyl (C=S) groups is 1. The summed E-state index contributed by atoms with van der Waals surface area (Å²) in [5.74, 6) is -0.751. The fourth-order valence-corrected chi connectivity index (χ4v) is 2.78. The molecule has 0 aromatic heterocycles. The highest BCUT2D eigenvalue weighted by atomic mass is 32.1. The first-order chi connectivity index (χ1) is 9.43. The maximum Gasteiger partial charge on any atom is 0.316 e. The third kappa shape index (κ3) is 2.72. The van der Waals surface area contributed by atoms with Crippen LogP contribution in [0.1, 0.15) is 29.7 Å².